The number of nitrogens with zero attached hydrogens (tertiary/aromatic N) is 1. The molecule has 2 N–H and O–H groups in total. The number of rotatable bonds is 4. The average molecular weight is 282 g/mol. The Bertz CT molecular complexity index is 314. The zero-order chi connectivity index (χ0) is 14.4. The SMILES string of the molecule is CNC1(CC(=O)N2CCCCCC2CO)CCCCC1. The predicted molar refractivity (Wildman–Crippen MR) is 80.5 cm³/mol. The number of amides is 1. The molecule has 2 aliphatic rings. The molecule has 1 aliphatic heterocycles. The van der Waals surface area contributed by atoms with Gasteiger partial charge in [0.15, 0.2) is 0 Å². The molecule has 2 fully saturated rings. The third-order valence-corrected chi connectivity index (χ3v) is 5.24. The van der Waals surface area contributed by atoms with E-state index in [9.17, 15) is 9.90 Å². The smallest absolute Gasteiger partial charge is 0.224 e. The first-order chi connectivity index (χ1) is 9.71. The standard InChI is InChI=1S/C16H30N2O2/c1-17-16(9-5-3-6-10-16)12-15(20)18-11-7-2-4-8-14(18)13-19/h14,17,19H,2-13H2,1H3. The molecule has 0 aromatic carbocycles. The van der Waals surface area contributed by atoms with Crippen LogP contribution in [0.3, 0.4) is 0 Å². The summed E-state index contributed by atoms with van der Waals surface area (Å²) in [7, 11) is 1.99. The number of hydrogen-bond donors (Lipinski definition) is 2. The lowest BCUT2D eigenvalue weighted by Crippen LogP contribution is -2.51. The van der Waals surface area contributed by atoms with Crippen LogP contribution in [0.4, 0.5) is 0 Å². The van der Waals surface area contributed by atoms with E-state index in [1.54, 1.807) is 0 Å². The molecule has 4 heteroatoms. The first-order valence-electron chi connectivity index (χ1n) is 8.30. The van der Waals surface area contributed by atoms with Crippen molar-refractivity contribution in [3.8, 4) is 0 Å². The predicted octanol–water partition coefficient (Wildman–Crippen LogP) is 2.06. The van der Waals surface area contributed by atoms with Crippen molar-refractivity contribution in [3.05, 3.63) is 0 Å². The van der Waals surface area contributed by atoms with Crippen LogP contribution in [0.5, 0.6) is 0 Å². The second-order valence-corrected chi connectivity index (χ2v) is 6.54. The summed E-state index contributed by atoms with van der Waals surface area (Å²) in [6, 6.07) is 0.0440. The molecule has 0 aromatic heterocycles. The molecule has 1 heterocycles. The molecule has 0 aromatic rings. The number of nitrogens with one attached hydrogen (secondary N) is 1. The van der Waals surface area contributed by atoms with Crippen LogP contribution in [0.25, 0.3) is 0 Å². The van der Waals surface area contributed by atoms with E-state index in [-0.39, 0.29) is 24.1 Å². The van der Waals surface area contributed by atoms with E-state index >= 15 is 0 Å². The molecule has 0 bridgehead atoms. The summed E-state index contributed by atoms with van der Waals surface area (Å²) in [6.07, 6.45) is 10.9. The van der Waals surface area contributed by atoms with Crippen molar-refractivity contribution < 1.29 is 9.90 Å². The maximum Gasteiger partial charge on any atom is 0.224 e. The maximum absolute atomic E-state index is 12.7. The molecule has 1 saturated heterocycles. The number of hydrogen-bond acceptors (Lipinski definition) is 3. The largest absolute Gasteiger partial charge is 0.394 e. The minimum atomic E-state index is 0.00163. The molecule has 1 atom stereocenters. The van der Waals surface area contributed by atoms with Gasteiger partial charge in [0.25, 0.3) is 0 Å². The van der Waals surface area contributed by atoms with Gasteiger partial charge in [0.2, 0.25) is 5.91 Å². The first kappa shape index (κ1) is 15.8. The third kappa shape index (κ3) is 3.73. The lowest BCUT2D eigenvalue weighted by atomic mass is 9.79. The number of aliphatic hydroxyl groups is 1. The van der Waals surface area contributed by atoms with Crippen LogP contribution in [0.15, 0.2) is 0 Å². The number of carbonyl (C=O) groups excluding carboxylic acids is 1. The minimum absolute atomic E-state index is 0.00163. The molecule has 20 heavy (non-hydrogen) atoms. The Morgan fingerprint density at radius 3 is 2.55 bits per heavy atom. The van der Waals surface area contributed by atoms with Gasteiger partial charge in [-0.15, -0.1) is 0 Å². The summed E-state index contributed by atoms with van der Waals surface area (Å²) in [4.78, 5) is 14.7. The molecular formula is C16H30N2O2. The Morgan fingerprint density at radius 1 is 1.20 bits per heavy atom. The van der Waals surface area contributed by atoms with Crippen molar-refractivity contribution in [2.24, 2.45) is 0 Å². The minimum Gasteiger partial charge on any atom is -0.394 e. The lowest BCUT2D eigenvalue weighted by molar-refractivity contribution is -0.136. The normalized spacial score (nSPS) is 27.1. The Labute approximate surface area is 122 Å². The van der Waals surface area contributed by atoms with Gasteiger partial charge in [-0.3, -0.25) is 4.79 Å². The molecule has 4 nitrogen and oxygen atoms in total. The van der Waals surface area contributed by atoms with Crippen LogP contribution >= 0.6 is 0 Å². The second-order valence-electron chi connectivity index (χ2n) is 6.54. The van der Waals surface area contributed by atoms with Crippen LogP contribution in [-0.2, 0) is 4.79 Å². The molecule has 0 spiro atoms. The topological polar surface area (TPSA) is 52.6 Å². The van der Waals surface area contributed by atoms with Crippen molar-refractivity contribution in [1.29, 1.82) is 0 Å². The highest BCUT2D eigenvalue weighted by Gasteiger charge is 2.35. The zero-order valence-electron chi connectivity index (χ0n) is 12.9. The molecule has 116 valence electrons. The number of likely N-dealkylation sites (tertiary alicyclic amines) is 1. The Balaban J connectivity index is 2.00. The lowest BCUT2D eigenvalue weighted by Gasteiger charge is -2.39. The highest BCUT2D eigenvalue weighted by molar-refractivity contribution is 5.78. The van der Waals surface area contributed by atoms with Crippen LogP contribution in [-0.4, -0.2) is 47.7 Å². The van der Waals surface area contributed by atoms with Crippen molar-refractivity contribution in [3.63, 3.8) is 0 Å². The van der Waals surface area contributed by atoms with Crippen molar-refractivity contribution >= 4 is 5.91 Å². The molecule has 1 unspecified atom stereocenters. The monoisotopic (exact) mass is 282 g/mol. The van der Waals surface area contributed by atoms with Crippen LogP contribution in [0.2, 0.25) is 0 Å². The molecule has 0 radical (unpaired) electrons. The summed E-state index contributed by atoms with van der Waals surface area (Å²) in [5.74, 6) is 0.238. The Morgan fingerprint density at radius 2 is 1.90 bits per heavy atom. The molecular weight excluding hydrogens is 252 g/mol. The van der Waals surface area contributed by atoms with E-state index in [0.717, 1.165) is 38.6 Å². The summed E-state index contributed by atoms with van der Waals surface area (Å²) in [6.45, 7) is 0.933. The van der Waals surface area contributed by atoms with Crippen LogP contribution in [0, 0.1) is 0 Å². The van der Waals surface area contributed by atoms with Crippen LogP contribution < -0.4 is 5.32 Å². The van der Waals surface area contributed by atoms with Gasteiger partial charge >= 0.3 is 0 Å². The highest BCUT2D eigenvalue weighted by Crippen LogP contribution is 2.32. The third-order valence-electron chi connectivity index (χ3n) is 5.24. The van der Waals surface area contributed by atoms with Crippen molar-refractivity contribution in [2.75, 3.05) is 20.2 Å². The van der Waals surface area contributed by atoms with Gasteiger partial charge in [-0.1, -0.05) is 32.1 Å². The molecule has 1 aliphatic carbocycles. The van der Waals surface area contributed by atoms with Gasteiger partial charge in [0.05, 0.1) is 12.6 Å². The molecule has 2 rings (SSSR count). The van der Waals surface area contributed by atoms with E-state index in [4.69, 9.17) is 0 Å². The number of carbonyl (C=O) groups is 1. The van der Waals surface area contributed by atoms with E-state index < -0.39 is 0 Å². The fourth-order valence-corrected chi connectivity index (χ4v) is 3.83. The van der Waals surface area contributed by atoms with Crippen molar-refractivity contribution in [2.45, 2.75) is 75.8 Å². The Hall–Kier alpha value is -0.610. The van der Waals surface area contributed by atoms with E-state index in [0.29, 0.717) is 6.42 Å². The van der Waals surface area contributed by atoms with Gasteiger partial charge < -0.3 is 15.3 Å². The summed E-state index contributed by atoms with van der Waals surface area (Å²) in [5.41, 5.74) is 0.00163. The highest BCUT2D eigenvalue weighted by atomic mass is 16.3. The Kier molecular flexibility index (Phi) is 5.85. The molecule has 1 saturated carbocycles. The van der Waals surface area contributed by atoms with E-state index in [1.165, 1.54) is 25.7 Å². The molecule has 1 amide bonds. The average Bonchev–Trinajstić information content (AvgIpc) is 2.73. The fourth-order valence-electron chi connectivity index (χ4n) is 3.83. The first-order valence-corrected chi connectivity index (χ1v) is 8.30. The summed E-state index contributed by atoms with van der Waals surface area (Å²) in [5, 5.41) is 13.0. The van der Waals surface area contributed by atoms with Crippen molar-refractivity contribution in [1.82, 2.24) is 10.2 Å². The fraction of sp³-hybridized carbons (Fsp3) is 0.938. The second kappa shape index (κ2) is 7.41. The van der Waals surface area contributed by atoms with E-state index in [1.807, 2.05) is 11.9 Å². The van der Waals surface area contributed by atoms with E-state index in [2.05, 4.69) is 5.32 Å². The van der Waals surface area contributed by atoms with Gasteiger partial charge in [-0.05, 0) is 32.7 Å². The van der Waals surface area contributed by atoms with Gasteiger partial charge in [0, 0.05) is 18.5 Å². The number of aliphatic hydroxyl groups excluding tert-OH is 1. The maximum atomic E-state index is 12.7. The van der Waals surface area contributed by atoms with Gasteiger partial charge in [0.1, 0.15) is 0 Å². The quantitative estimate of drug-likeness (QED) is 0.830. The zero-order valence-corrected chi connectivity index (χ0v) is 12.9. The summed E-state index contributed by atoms with van der Waals surface area (Å²) < 4.78 is 0. The van der Waals surface area contributed by atoms with Crippen LogP contribution in [0.1, 0.15) is 64.2 Å². The van der Waals surface area contributed by atoms with Gasteiger partial charge in [-0.2, -0.15) is 0 Å². The van der Waals surface area contributed by atoms with Gasteiger partial charge in [-0.25, -0.2) is 0 Å². The summed E-state index contributed by atoms with van der Waals surface area (Å²) >= 11 is 0.